The zero-order chi connectivity index (χ0) is 15.2. The van der Waals surface area contributed by atoms with Crippen LogP contribution in [0, 0.1) is 0 Å². The van der Waals surface area contributed by atoms with E-state index in [1.54, 1.807) is 6.07 Å². The van der Waals surface area contributed by atoms with Gasteiger partial charge in [0.15, 0.2) is 0 Å². The number of anilines is 1. The van der Waals surface area contributed by atoms with Crippen molar-refractivity contribution in [3.63, 3.8) is 0 Å². The molecule has 0 bridgehead atoms. The van der Waals surface area contributed by atoms with Crippen LogP contribution in [0.4, 0.5) is 5.69 Å². The maximum atomic E-state index is 11.5. The van der Waals surface area contributed by atoms with E-state index >= 15 is 0 Å². The number of carbonyl (C=O) groups excluding carboxylic acids is 1. The molecule has 0 saturated carbocycles. The lowest BCUT2D eigenvalue weighted by atomic mass is 10.3. The molecule has 0 aliphatic heterocycles. The minimum absolute atomic E-state index is 0.226. The number of nitrogen functional groups attached to an aromatic ring is 1. The third kappa shape index (κ3) is 3.72. The van der Waals surface area contributed by atoms with E-state index < -0.39 is 5.97 Å². The first-order chi connectivity index (χ1) is 10.2. The first-order valence-electron chi connectivity index (χ1n) is 6.45. The van der Waals surface area contributed by atoms with Crippen LogP contribution in [-0.4, -0.2) is 19.7 Å². The van der Waals surface area contributed by atoms with Crippen LogP contribution in [0.2, 0.25) is 0 Å². The van der Waals surface area contributed by atoms with Crippen LogP contribution in [0.1, 0.15) is 23.0 Å². The molecule has 2 N–H and O–H groups in total. The quantitative estimate of drug-likeness (QED) is 0.501. The maximum absolute atomic E-state index is 11.5. The van der Waals surface area contributed by atoms with E-state index in [-0.39, 0.29) is 5.76 Å². The van der Waals surface area contributed by atoms with Crippen LogP contribution < -0.4 is 10.5 Å². The summed E-state index contributed by atoms with van der Waals surface area (Å²) in [6, 6.07) is 7.29. The molecule has 1 heterocycles. The van der Waals surface area contributed by atoms with Crippen LogP contribution in [0.25, 0.3) is 0 Å². The number of benzene rings is 1. The average molecular weight is 307 g/mol. The fraction of sp³-hybridized carbons (Fsp3) is 0.267. The van der Waals surface area contributed by atoms with Gasteiger partial charge in [-0.3, -0.25) is 0 Å². The van der Waals surface area contributed by atoms with Gasteiger partial charge in [0.05, 0.1) is 20.0 Å². The Morgan fingerprint density at radius 1 is 1.38 bits per heavy atom. The first kappa shape index (κ1) is 15.3. The molecule has 0 spiro atoms. The third-order valence-electron chi connectivity index (χ3n) is 2.80. The van der Waals surface area contributed by atoms with Crippen molar-refractivity contribution in [2.24, 2.45) is 0 Å². The smallest absolute Gasteiger partial charge is 0.374 e. The Balaban J connectivity index is 2.11. The Hall–Kier alpha value is -2.08. The zero-order valence-electron chi connectivity index (χ0n) is 11.9. The highest BCUT2D eigenvalue weighted by molar-refractivity contribution is 7.98. The van der Waals surface area contributed by atoms with E-state index in [9.17, 15) is 4.79 Å². The van der Waals surface area contributed by atoms with E-state index in [4.69, 9.17) is 14.9 Å². The molecule has 2 aromatic rings. The van der Waals surface area contributed by atoms with Crippen LogP contribution in [0.3, 0.4) is 0 Å². The van der Waals surface area contributed by atoms with Crippen molar-refractivity contribution in [3.8, 4) is 5.75 Å². The molecule has 1 aromatic heterocycles. The van der Waals surface area contributed by atoms with Crippen LogP contribution in [-0.2, 0) is 10.5 Å². The third-order valence-corrected chi connectivity index (χ3v) is 3.92. The predicted octanol–water partition coefficient (Wildman–Crippen LogP) is 3.34. The molecule has 0 saturated heterocycles. The Kier molecular flexibility index (Phi) is 5.16. The SMILES string of the molecule is CCOc1ccc(N)c(SCc2ccoc2C(=O)OC)c1. The summed E-state index contributed by atoms with van der Waals surface area (Å²) in [5, 5.41) is 0. The van der Waals surface area contributed by atoms with Gasteiger partial charge in [0.2, 0.25) is 5.76 Å². The van der Waals surface area contributed by atoms with Crippen LogP contribution in [0.5, 0.6) is 5.75 Å². The lowest BCUT2D eigenvalue weighted by molar-refractivity contribution is 0.0564. The van der Waals surface area contributed by atoms with Crippen molar-refractivity contribution >= 4 is 23.4 Å². The number of hydrogen-bond acceptors (Lipinski definition) is 6. The number of carbonyl (C=O) groups is 1. The van der Waals surface area contributed by atoms with Gasteiger partial charge in [-0.15, -0.1) is 11.8 Å². The van der Waals surface area contributed by atoms with E-state index in [1.807, 2.05) is 25.1 Å². The van der Waals surface area contributed by atoms with Gasteiger partial charge in [0.1, 0.15) is 5.75 Å². The molecule has 5 nitrogen and oxygen atoms in total. The molecular formula is C15H17NO4S. The number of esters is 1. The Labute approximate surface area is 127 Å². The number of methoxy groups -OCH3 is 1. The van der Waals surface area contributed by atoms with Gasteiger partial charge >= 0.3 is 5.97 Å². The van der Waals surface area contributed by atoms with Crippen LogP contribution >= 0.6 is 11.8 Å². The molecule has 0 amide bonds. The Morgan fingerprint density at radius 2 is 2.19 bits per heavy atom. The highest BCUT2D eigenvalue weighted by Crippen LogP contribution is 2.32. The Bertz CT molecular complexity index is 624. The van der Waals surface area contributed by atoms with Crippen molar-refractivity contribution in [3.05, 3.63) is 41.9 Å². The number of ether oxygens (including phenoxy) is 2. The van der Waals surface area contributed by atoms with Crippen molar-refractivity contribution < 1.29 is 18.7 Å². The van der Waals surface area contributed by atoms with Gasteiger partial charge in [0.25, 0.3) is 0 Å². The number of thioether (sulfide) groups is 1. The second-order valence-corrected chi connectivity index (χ2v) is 5.21. The minimum Gasteiger partial charge on any atom is -0.494 e. The lowest BCUT2D eigenvalue weighted by Crippen LogP contribution is -2.02. The molecule has 112 valence electrons. The normalized spacial score (nSPS) is 10.4. The fourth-order valence-electron chi connectivity index (χ4n) is 1.77. The van der Waals surface area contributed by atoms with Crippen molar-refractivity contribution in [2.45, 2.75) is 17.6 Å². The van der Waals surface area contributed by atoms with Gasteiger partial charge < -0.3 is 19.6 Å². The summed E-state index contributed by atoms with van der Waals surface area (Å²) in [4.78, 5) is 12.4. The molecule has 6 heteroatoms. The first-order valence-corrected chi connectivity index (χ1v) is 7.44. The maximum Gasteiger partial charge on any atom is 0.374 e. The topological polar surface area (TPSA) is 74.7 Å². The molecule has 2 rings (SSSR count). The molecule has 0 fully saturated rings. The number of nitrogens with two attached hydrogens (primary N) is 1. The molecule has 21 heavy (non-hydrogen) atoms. The summed E-state index contributed by atoms with van der Waals surface area (Å²) < 4.78 is 15.3. The summed E-state index contributed by atoms with van der Waals surface area (Å²) in [7, 11) is 1.32. The molecular weight excluding hydrogens is 290 g/mol. The molecule has 1 aromatic carbocycles. The molecule has 0 atom stereocenters. The fourth-order valence-corrected chi connectivity index (χ4v) is 2.75. The highest BCUT2D eigenvalue weighted by Gasteiger charge is 2.16. The van der Waals surface area contributed by atoms with Gasteiger partial charge in [-0.05, 0) is 31.2 Å². The second-order valence-electron chi connectivity index (χ2n) is 4.19. The minimum atomic E-state index is -0.480. The van der Waals surface area contributed by atoms with E-state index in [0.717, 1.165) is 16.2 Å². The molecule has 0 radical (unpaired) electrons. The van der Waals surface area contributed by atoms with Gasteiger partial charge in [-0.2, -0.15) is 0 Å². The van der Waals surface area contributed by atoms with Gasteiger partial charge in [-0.1, -0.05) is 0 Å². The predicted molar refractivity (Wildman–Crippen MR) is 81.6 cm³/mol. The summed E-state index contributed by atoms with van der Waals surface area (Å²) in [6.45, 7) is 2.53. The highest BCUT2D eigenvalue weighted by atomic mass is 32.2. The monoisotopic (exact) mass is 307 g/mol. The second kappa shape index (κ2) is 7.08. The summed E-state index contributed by atoms with van der Waals surface area (Å²) in [5.74, 6) is 1.08. The van der Waals surface area contributed by atoms with Crippen molar-refractivity contribution in [1.82, 2.24) is 0 Å². The van der Waals surface area contributed by atoms with Crippen molar-refractivity contribution in [2.75, 3.05) is 19.5 Å². The molecule has 0 aliphatic rings. The summed E-state index contributed by atoms with van der Waals surface area (Å²) in [6.07, 6.45) is 1.47. The largest absolute Gasteiger partial charge is 0.494 e. The van der Waals surface area contributed by atoms with Crippen LogP contribution in [0.15, 0.2) is 39.8 Å². The average Bonchev–Trinajstić information content (AvgIpc) is 2.95. The summed E-state index contributed by atoms with van der Waals surface area (Å²) in [5.41, 5.74) is 7.40. The van der Waals surface area contributed by atoms with E-state index in [2.05, 4.69) is 4.74 Å². The van der Waals surface area contributed by atoms with Gasteiger partial charge in [-0.25, -0.2) is 4.79 Å². The standard InChI is InChI=1S/C15H17NO4S/c1-3-19-11-4-5-12(16)13(8-11)21-9-10-6-7-20-14(10)15(17)18-2/h4-8H,3,9,16H2,1-2H3. The van der Waals surface area contributed by atoms with E-state index in [0.29, 0.717) is 18.0 Å². The molecule has 0 unspecified atom stereocenters. The zero-order valence-corrected chi connectivity index (χ0v) is 12.7. The number of rotatable bonds is 6. The lowest BCUT2D eigenvalue weighted by Gasteiger charge is -2.09. The number of furan rings is 1. The Morgan fingerprint density at radius 3 is 2.90 bits per heavy atom. The molecule has 0 aliphatic carbocycles. The van der Waals surface area contributed by atoms with Gasteiger partial charge in [0, 0.05) is 21.9 Å². The summed E-state index contributed by atoms with van der Waals surface area (Å²) >= 11 is 1.51. The number of hydrogen-bond donors (Lipinski definition) is 1. The van der Waals surface area contributed by atoms with E-state index in [1.165, 1.54) is 25.1 Å². The van der Waals surface area contributed by atoms with Crippen molar-refractivity contribution in [1.29, 1.82) is 0 Å².